The number of hydrogen-bond donors (Lipinski definition) is 2. The molecule has 0 aliphatic heterocycles. The largest absolute Gasteiger partial charge is 0.385 e. The Balaban J connectivity index is 1.77. The van der Waals surface area contributed by atoms with Gasteiger partial charge in [0, 0.05) is 31.5 Å². The van der Waals surface area contributed by atoms with Gasteiger partial charge in [-0.1, -0.05) is 0 Å². The van der Waals surface area contributed by atoms with Crippen LogP contribution in [0.15, 0.2) is 24.3 Å². The molecule has 1 saturated carbocycles. The molecule has 0 spiro atoms. The van der Waals surface area contributed by atoms with E-state index in [9.17, 15) is 14.4 Å². The third kappa shape index (κ3) is 4.89. The van der Waals surface area contributed by atoms with Crippen LogP contribution in [0.1, 0.15) is 30.1 Å². The molecule has 0 radical (unpaired) electrons. The van der Waals surface area contributed by atoms with Gasteiger partial charge in [0.15, 0.2) is 5.78 Å². The van der Waals surface area contributed by atoms with Crippen LogP contribution in [0, 0.1) is 11.8 Å². The number of hydrogen-bond acceptors (Lipinski definition) is 4. The summed E-state index contributed by atoms with van der Waals surface area (Å²) in [7, 11) is 1.62. The first-order valence-corrected chi connectivity index (χ1v) is 7.71. The number of Topliss-reactive ketones (excluding diaryl/α,β-unsaturated/α-hetero) is 1. The van der Waals surface area contributed by atoms with Gasteiger partial charge in [0.1, 0.15) is 0 Å². The van der Waals surface area contributed by atoms with Crippen molar-refractivity contribution >= 4 is 23.3 Å². The highest BCUT2D eigenvalue weighted by atomic mass is 16.5. The Bertz CT molecular complexity index is 583. The summed E-state index contributed by atoms with van der Waals surface area (Å²) in [6.45, 7) is 2.66. The summed E-state index contributed by atoms with van der Waals surface area (Å²) in [5.74, 6) is -0.764. The molecule has 1 fully saturated rings. The lowest BCUT2D eigenvalue weighted by Gasteiger charge is -2.06. The highest BCUT2D eigenvalue weighted by Gasteiger charge is 2.47. The molecule has 2 unspecified atom stereocenters. The smallest absolute Gasteiger partial charge is 0.228 e. The van der Waals surface area contributed by atoms with E-state index < -0.39 is 0 Å². The van der Waals surface area contributed by atoms with Crippen LogP contribution >= 0.6 is 0 Å². The molecule has 0 heterocycles. The molecule has 124 valence electrons. The average Bonchev–Trinajstić information content (AvgIpc) is 3.32. The molecule has 0 aromatic heterocycles. The zero-order valence-corrected chi connectivity index (χ0v) is 13.4. The molecule has 1 aliphatic rings. The third-order valence-corrected chi connectivity index (χ3v) is 3.85. The highest BCUT2D eigenvalue weighted by Crippen LogP contribution is 2.39. The minimum absolute atomic E-state index is 0.0183. The maximum Gasteiger partial charge on any atom is 0.228 e. The van der Waals surface area contributed by atoms with Crippen molar-refractivity contribution in [3.63, 3.8) is 0 Å². The van der Waals surface area contributed by atoms with Gasteiger partial charge in [0.05, 0.1) is 11.8 Å². The van der Waals surface area contributed by atoms with Crippen LogP contribution in [-0.2, 0) is 14.3 Å². The first-order valence-electron chi connectivity index (χ1n) is 7.71. The predicted octanol–water partition coefficient (Wildman–Crippen LogP) is 1.62. The number of carbonyl (C=O) groups excluding carboxylic acids is 3. The Morgan fingerprint density at radius 1 is 1.13 bits per heavy atom. The summed E-state index contributed by atoms with van der Waals surface area (Å²) in [5, 5.41) is 5.59. The van der Waals surface area contributed by atoms with Crippen molar-refractivity contribution in [2.24, 2.45) is 11.8 Å². The van der Waals surface area contributed by atoms with Crippen LogP contribution in [0.5, 0.6) is 0 Å². The van der Waals surface area contributed by atoms with Crippen LogP contribution in [0.2, 0.25) is 0 Å². The normalized spacial score (nSPS) is 19.0. The Morgan fingerprint density at radius 3 is 2.39 bits per heavy atom. The number of benzene rings is 1. The zero-order chi connectivity index (χ0) is 16.8. The van der Waals surface area contributed by atoms with Gasteiger partial charge in [0.25, 0.3) is 0 Å². The second-order valence-electron chi connectivity index (χ2n) is 5.71. The second-order valence-corrected chi connectivity index (χ2v) is 5.71. The van der Waals surface area contributed by atoms with Gasteiger partial charge in [0.2, 0.25) is 11.8 Å². The van der Waals surface area contributed by atoms with Crippen molar-refractivity contribution in [3.05, 3.63) is 29.8 Å². The molecule has 23 heavy (non-hydrogen) atoms. The van der Waals surface area contributed by atoms with Crippen molar-refractivity contribution in [2.75, 3.05) is 25.6 Å². The average molecular weight is 318 g/mol. The lowest BCUT2D eigenvalue weighted by Crippen LogP contribution is -2.28. The lowest BCUT2D eigenvalue weighted by atomic mass is 10.1. The van der Waals surface area contributed by atoms with Gasteiger partial charge in [-0.25, -0.2) is 0 Å². The predicted molar refractivity (Wildman–Crippen MR) is 86.2 cm³/mol. The quantitative estimate of drug-likeness (QED) is 0.563. The minimum atomic E-state index is -0.273. The summed E-state index contributed by atoms with van der Waals surface area (Å²) in [5.41, 5.74) is 1.23. The fraction of sp³-hybridized carbons (Fsp3) is 0.471. The van der Waals surface area contributed by atoms with Crippen molar-refractivity contribution < 1.29 is 19.1 Å². The van der Waals surface area contributed by atoms with Gasteiger partial charge in [-0.15, -0.1) is 0 Å². The van der Waals surface area contributed by atoms with Gasteiger partial charge in [-0.2, -0.15) is 0 Å². The maximum atomic E-state index is 12.1. The number of carbonyl (C=O) groups is 3. The van der Waals surface area contributed by atoms with Crippen molar-refractivity contribution in [2.45, 2.75) is 19.8 Å². The van der Waals surface area contributed by atoms with Crippen LogP contribution in [0.3, 0.4) is 0 Å². The topological polar surface area (TPSA) is 84.5 Å². The zero-order valence-electron chi connectivity index (χ0n) is 13.4. The van der Waals surface area contributed by atoms with E-state index in [1.54, 1.807) is 31.4 Å². The second kappa shape index (κ2) is 7.87. The molecule has 6 nitrogen and oxygen atoms in total. The van der Waals surface area contributed by atoms with Crippen LogP contribution in [0.25, 0.3) is 0 Å². The first-order chi connectivity index (χ1) is 11.0. The SMILES string of the molecule is COCCCNC(=O)C1CC1C(=O)Nc1ccc(C(C)=O)cc1. The molecule has 1 aromatic rings. The summed E-state index contributed by atoms with van der Waals surface area (Å²) in [6.07, 6.45) is 1.34. The van der Waals surface area contributed by atoms with E-state index in [1.165, 1.54) is 6.92 Å². The van der Waals surface area contributed by atoms with Crippen molar-refractivity contribution in [1.29, 1.82) is 0 Å². The molecule has 1 aliphatic carbocycles. The van der Waals surface area contributed by atoms with E-state index in [1.807, 2.05) is 0 Å². The van der Waals surface area contributed by atoms with Gasteiger partial charge in [-0.05, 0) is 44.0 Å². The fourth-order valence-corrected chi connectivity index (χ4v) is 2.36. The maximum absolute atomic E-state index is 12.1. The van der Waals surface area contributed by atoms with Crippen molar-refractivity contribution in [3.8, 4) is 0 Å². The summed E-state index contributed by atoms with van der Waals surface area (Å²) in [4.78, 5) is 35.2. The van der Waals surface area contributed by atoms with Gasteiger partial charge >= 0.3 is 0 Å². The fourth-order valence-electron chi connectivity index (χ4n) is 2.36. The molecule has 2 rings (SSSR count). The number of ketones is 1. The summed E-state index contributed by atoms with van der Waals surface area (Å²) < 4.78 is 4.91. The first kappa shape index (κ1) is 17.1. The summed E-state index contributed by atoms with van der Waals surface area (Å²) in [6, 6.07) is 6.73. The Labute approximate surface area is 135 Å². The molecule has 2 amide bonds. The van der Waals surface area contributed by atoms with E-state index in [-0.39, 0.29) is 29.4 Å². The third-order valence-electron chi connectivity index (χ3n) is 3.85. The Morgan fingerprint density at radius 2 is 1.78 bits per heavy atom. The van der Waals surface area contributed by atoms with E-state index >= 15 is 0 Å². The number of anilines is 1. The molecular formula is C17H22N2O4. The highest BCUT2D eigenvalue weighted by molar-refractivity contribution is 6.00. The van der Waals surface area contributed by atoms with Gasteiger partial charge < -0.3 is 15.4 Å². The Hall–Kier alpha value is -2.21. The standard InChI is InChI=1S/C17H22N2O4/c1-11(20)12-4-6-13(7-5-12)19-17(22)15-10-14(15)16(21)18-8-3-9-23-2/h4-7,14-15H,3,8-10H2,1-2H3,(H,18,21)(H,19,22). The molecule has 0 saturated heterocycles. The van der Waals surface area contributed by atoms with Gasteiger partial charge in [-0.3, -0.25) is 14.4 Å². The Kier molecular flexibility index (Phi) is 5.87. The number of rotatable bonds is 8. The van der Waals surface area contributed by atoms with E-state index in [0.717, 1.165) is 6.42 Å². The summed E-state index contributed by atoms with van der Waals surface area (Å²) >= 11 is 0. The van der Waals surface area contributed by atoms with E-state index in [0.29, 0.717) is 30.8 Å². The number of ether oxygens (including phenoxy) is 1. The molecule has 0 bridgehead atoms. The molecule has 6 heteroatoms. The number of amides is 2. The van der Waals surface area contributed by atoms with E-state index in [4.69, 9.17) is 4.74 Å². The van der Waals surface area contributed by atoms with Crippen LogP contribution in [-0.4, -0.2) is 37.9 Å². The molecule has 1 aromatic carbocycles. The molecular weight excluding hydrogens is 296 g/mol. The monoisotopic (exact) mass is 318 g/mol. The molecule has 2 N–H and O–H groups in total. The number of nitrogens with one attached hydrogen (secondary N) is 2. The van der Waals surface area contributed by atoms with Crippen LogP contribution in [0.4, 0.5) is 5.69 Å². The minimum Gasteiger partial charge on any atom is -0.385 e. The molecule has 2 atom stereocenters. The number of methoxy groups -OCH3 is 1. The lowest BCUT2D eigenvalue weighted by molar-refractivity contribution is -0.125. The van der Waals surface area contributed by atoms with Crippen molar-refractivity contribution in [1.82, 2.24) is 5.32 Å². The van der Waals surface area contributed by atoms with Crippen LogP contribution < -0.4 is 10.6 Å². The van der Waals surface area contributed by atoms with E-state index in [2.05, 4.69) is 10.6 Å².